The van der Waals surface area contributed by atoms with Gasteiger partial charge in [-0.3, -0.25) is 0 Å². The molecule has 0 heterocycles. The highest BCUT2D eigenvalue weighted by atomic mass is 16.5. The number of phenolic OH excluding ortho intramolecular Hbond substituents is 1. The van der Waals surface area contributed by atoms with Crippen molar-refractivity contribution in [3.05, 3.63) is 34.6 Å². The molecule has 31 heavy (non-hydrogen) atoms. The van der Waals surface area contributed by atoms with E-state index in [9.17, 15) is 20.4 Å². The Morgan fingerprint density at radius 1 is 1.06 bits per heavy atom. The molecule has 3 aliphatic carbocycles. The van der Waals surface area contributed by atoms with Crippen LogP contribution >= 0.6 is 0 Å². The molecule has 7 nitrogen and oxygen atoms in total. The van der Waals surface area contributed by atoms with Crippen molar-refractivity contribution in [3.63, 3.8) is 0 Å². The molecular formula is C24H35NO6. The summed E-state index contributed by atoms with van der Waals surface area (Å²) in [6, 6.07) is 3.94. The van der Waals surface area contributed by atoms with Gasteiger partial charge in [0.15, 0.2) is 11.5 Å². The highest BCUT2D eigenvalue weighted by molar-refractivity contribution is 5.61. The van der Waals surface area contributed by atoms with E-state index in [1.54, 1.807) is 12.1 Å². The topological polar surface area (TPSA) is 111 Å². The molecule has 1 fully saturated rings. The molecule has 0 amide bonds. The summed E-state index contributed by atoms with van der Waals surface area (Å²) in [6.07, 6.45) is 2.52. The maximum Gasteiger partial charge on any atom is 0.162 e. The van der Waals surface area contributed by atoms with Crippen molar-refractivity contribution < 1.29 is 29.9 Å². The van der Waals surface area contributed by atoms with Gasteiger partial charge < -0.3 is 35.2 Å². The quantitative estimate of drug-likeness (QED) is 0.468. The van der Waals surface area contributed by atoms with E-state index in [1.165, 1.54) is 27.1 Å². The zero-order valence-electron chi connectivity index (χ0n) is 18.6. The Kier molecular flexibility index (Phi) is 6.23. The summed E-state index contributed by atoms with van der Waals surface area (Å²) in [5.41, 5.74) is 1.17. The number of benzene rings is 1. The first-order chi connectivity index (χ1) is 14.9. The third kappa shape index (κ3) is 3.52. The molecule has 172 valence electrons. The second kappa shape index (κ2) is 8.62. The number of aliphatic hydroxyl groups is 3. The number of hydrogen-bond donors (Lipinski definition) is 5. The summed E-state index contributed by atoms with van der Waals surface area (Å²) in [6.45, 7) is 2.60. The van der Waals surface area contributed by atoms with Gasteiger partial charge in [0.1, 0.15) is 11.9 Å². The van der Waals surface area contributed by atoms with E-state index in [2.05, 4.69) is 5.32 Å². The second-order valence-electron chi connectivity index (χ2n) is 9.28. The normalized spacial score (nSPS) is 33.2. The molecule has 0 radical (unpaired) electrons. The lowest BCUT2D eigenvalue weighted by Crippen LogP contribution is -2.51. The minimum Gasteiger partial charge on any atom is -0.504 e. The first-order valence-electron chi connectivity index (χ1n) is 11.3. The molecule has 1 aromatic rings. The number of fused-ring (bicyclic) bond motifs is 3. The predicted molar refractivity (Wildman–Crippen MR) is 116 cm³/mol. The first kappa shape index (κ1) is 22.4. The summed E-state index contributed by atoms with van der Waals surface area (Å²) < 4.78 is 11.0. The largest absolute Gasteiger partial charge is 0.504 e. The Morgan fingerprint density at radius 2 is 1.77 bits per heavy atom. The van der Waals surface area contributed by atoms with Crippen LogP contribution in [0, 0.1) is 5.92 Å². The van der Waals surface area contributed by atoms with Crippen molar-refractivity contribution in [2.24, 2.45) is 5.92 Å². The van der Waals surface area contributed by atoms with Gasteiger partial charge in [-0.15, -0.1) is 0 Å². The van der Waals surface area contributed by atoms with Crippen LogP contribution in [0.5, 0.6) is 11.5 Å². The standard InChI is InChI=1S/C24H35NO6/c1-13-18-23(31-3)21(28)16(26)12-24(18,10-11-25-14-6-4-5-7-14)19-15(20(13)27)8-9-17(30-2)22(19)29/h8-9,13-14,16,20-21,25-29H,4-7,10-12H2,1-3H3/t13-,16+,20+,21+,24-/m1/s1. The smallest absolute Gasteiger partial charge is 0.162 e. The van der Waals surface area contributed by atoms with E-state index >= 15 is 0 Å². The Hall–Kier alpha value is -1.80. The van der Waals surface area contributed by atoms with E-state index in [0.717, 1.165) is 18.4 Å². The number of rotatable bonds is 6. The lowest BCUT2D eigenvalue weighted by atomic mass is 9.55. The lowest BCUT2D eigenvalue weighted by molar-refractivity contribution is -0.0304. The van der Waals surface area contributed by atoms with Crippen LogP contribution in [0.1, 0.15) is 62.7 Å². The predicted octanol–water partition coefficient (Wildman–Crippen LogP) is 2.27. The number of phenols is 1. The fraction of sp³-hybridized carbons (Fsp3) is 0.667. The van der Waals surface area contributed by atoms with E-state index in [4.69, 9.17) is 9.47 Å². The average Bonchev–Trinajstić information content (AvgIpc) is 3.27. The number of ether oxygens (including phenoxy) is 2. The molecule has 1 saturated carbocycles. The van der Waals surface area contributed by atoms with Crippen LogP contribution in [-0.2, 0) is 10.2 Å². The Labute approximate surface area is 183 Å². The molecule has 0 unspecified atom stereocenters. The molecule has 3 aliphatic rings. The molecule has 0 aromatic heterocycles. The zero-order valence-corrected chi connectivity index (χ0v) is 18.6. The summed E-state index contributed by atoms with van der Waals surface area (Å²) in [7, 11) is 2.97. The van der Waals surface area contributed by atoms with Crippen molar-refractivity contribution in [2.45, 2.75) is 75.2 Å². The van der Waals surface area contributed by atoms with Crippen LogP contribution in [0.25, 0.3) is 0 Å². The van der Waals surface area contributed by atoms with Crippen molar-refractivity contribution in [1.82, 2.24) is 5.32 Å². The number of aliphatic hydroxyl groups excluding tert-OH is 3. The minimum absolute atomic E-state index is 0.0247. The van der Waals surface area contributed by atoms with Crippen molar-refractivity contribution >= 4 is 0 Å². The lowest BCUT2D eigenvalue weighted by Gasteiger charge is -2.51. The van der Waals surface area contributed by atoms with Crippen LogP contribution in [0.4, 0.5) is 0 Å². The minimum atomic E-state index is -1.17. The van der Waals surface area contributed by atoms with Crippen LogP contribution in [-0.4, -0.2) is 59.4 Å². The molecular weight excluding hydrogens is 398 g/mol. The Balaban J connectivity index is 1.88. The SMILES string of the molecule is COC1=C2[C@@H](C)[C@H](O)c3ccc(OC)c(O)c3[C@]2(CCNC2CCCC2)C[C@H](O)[C@@H]1O. The number of aromatic hydroxyl groups is 1. The third-order valence-electron chi connectivity index (χ3n) is 7.65. The maximum absolute atomic E-state index is 11.2. The van der Waals surface area contributed by atoms with Crippen molar-refractivity contribution in [2.75, 3.05) is 20.8 Å². The second-order valence-corrected chi connectivity index (χ2v) is 9.28. The average molecular weight is 434 g/mol. The number of methoxy groups -OCH3 is 2. The molecule has 7 heteroatoms. The molecule has 0 spiro atoms. The Bertz CT molecular complexity index is 849. The summed E-state index contributed by atoms with van der Waals surface area (Å²) in [5.74, 6) is 0.244. The summed E-state index contributed by atoms with van der Waals surface area (Å²) >= 11 is 0. The van der Waals surface area contributed by atoms with E-state index in [1.807, 2.05) is 6.92 Å². The third-order valence-corrected chi connectivity index (χ3v) is 7.65. The van der Waals surface area contributed by atoms with Crippen LogP contribution in [0.15, 0.2) is 23.5 Å². The van der Waals surface area contributed by atoms with Crippen LogP contribution < -0.4 is 10.1 Å². The molecule has 5 atom stereocenters. The van der Waals surface area contributed by atoms with Gasteiger partial charge in [0, 0.05) is 22.9 Å². The van der Waals surface area contributed by atoms with E-state index < -0.39 is 23.7 Å². The van der Waals surface area contributed by atoms with E-state index in [-0.39, 0.29) is 18.1 Å². The van der Waals surface area contributed by atoms with E-state index in [0.29, 0.717) is 41.6 Å². The molecule has 0 saturated heterocycles. The van der Waals surface area contributed by atoms with Crippen LogP contribution in [0.2, 0.25) is 0 Å². The van der Waals surface area contributed by atoms with Gasteiger partial charge in [-0.05, 0) is 49.4 Å². The molecule has 0 aliphatic heterocycles. The number of hydrogen-bond acceptors (Lipinski definition) is 7. The van der Waals surface area contributed by atoms with Crippen LogP contribution in [0.3, 0.4) is 0 Å². The van der Waals surface area contributed by atoms with Crippen molar-refractivity contribution in [1.29, 1.82) is 0 Å². The summed E-state index contributed by atoms with van der Waals surface area (Å²) in [4.78, 5) is 0. The monoisotopic (exact) mass is 433 g/mol. The molecule has 1 aromatic carbocycles. The fourth-order valence-corrected chi connectivity index (χ4v) is 6.19. The zero-order chi connectivity index (χ0) is 22.3. The van der Waals surface area contributed by atoms with Gasteiger partial charge in [-0.25, -0.2) is 0 Å². The van der Waals surface area contributed by atoms with Gasteiger partial charge in [0.25, 0.3) is 0 Å². The molecule has 5 N–H and O–H groups in total. The van der Waals surface area contributed by atoms with Gasteiger partial charge in [-0.1, -0.05) is 25.8 Å². The summed E-state index contributed by atoms with van der Waals surface area (Å²) in [5, 5.41) is 47.5. The maximum atomic E-state index is 11.2. The van der Waals surface area contributed by atoms with Gasteiger partial charge in [-0.2, -0.15) is 0 Å². The first-order valence-corrected chi connectivity index (χ1v) is 11.3. The number of nitrogens with one attached hydrogen (secondary N) is 1. The van der Waals surface area contributed by atoms with Gasteiger partial charge in [0.2, 0.25) is 0 Å². The molecule has 0 bridgehead atoms. The van der Waals surface area contributed by atoms with Crippen molar-refractivity contribution in [3.8, 4) is 11.5 Å². The Morgan fingerprint density at radius 3 is 2.42 bits per heavy atom. The highest BCUT2D eigenvalue weighted by Gasteiger charge is 2.55. The van der Waals surface area contributed by atoms with Gasteiger partial charge in [0.05, 0.1) is 26.4 Å². The fourth-order valence-electron chi connectivity index (χ4n) is 6.19. The molecule has 4 rings (SSSR count). The highest BCUT2D eigenvalue weighted by Crippen LogP contribution is 2.60. The van der Waals surface area contributed by atoms with Gasteiger partial charge >= 0.3 is 0 Å².